The summed E-state index contributed by atoms with van der Waals surface area (Å²) < 4.78 is 13.7. The number of dihydropyridines is 1. The van der Waals surface area contributed by atoms with E-state index in [4.69, 9.17) is 15.2 Å². The maximum absolute atomic E-state index is 13.2. The molecule has 16 atom stereocenters. The van der Waals surface area contributed by atoms with Gasteiger partial charge in [-0.1, -0.05) is 126 Å². The van der Waals surface area contributed by atoms with Crippen LogP contribution in [0.2, 0.25) is 0 Å². The molecule has 1 saturated heterocycles. The number of aromatic hydroxyl groups is 1. The zero-order valence-corrected chi connectivity index (χ0v) is 51.1. The van der Waals surface area contributed by atoms with Crippen molar-refractivity contribution >= 4 is 21.6 Å². The normalized spacial score (nSPS) is 34.7. The number of aliphatic hydroxyl groups excluding tert-OH is 6. The predicted octanol–water partition coefficient (Wildman–Crippen LogP) is 10.1. The number of allylic oxidation sites excluding steroid dienone is 3. The van der Waals surface area contributed by atoms with Gasteiger partial charge in [0.05, 0.1) is 37.6 Å². The second-order valence-corrected chi connectivity index (χ2v) is 29.3. The number of aliphatic hydroxyl groups is 6. The van der Waals surface area contributed by atoms with Crippen molar-refractivity contribution in [2.75, 3.05) is 44.5 Å². The van der Waals surface area contributed by atoms with Gasteiger partial charge >= 0.3 is 0 Å². The summed E-state index contributed by atoms with van der Waals surface area (Å²) in [6, 6.07) is 27.9. The largest absolute Gasteiger partial charge is 0.504 e. The molecule has 0 bridgehead atoms. The summed E-state index contributed by atoms with van der Waals surface area (Å²) in [5.74, 6) is 8.54. The van der Waals surface area contributed by atoms with E-state index in [2.05, 4.69) is 102 Å². The number of ether oxygens (including phenoxy) is 2. The number of aromatic amines is 1. The van der Waals surface area contributed by atoms with Crippen LogP contribution in [0, 0.1) is 70.0 Å². The molecule has 4 aromatic rings. The number of hydrogen-bond acceptors (Lipinski definition) is 13. The monoisotopic (exact) mass is 1190 g/mol. The average Bonchev–Trinajstić information content (AvgIpc) is 2.11. The number of fused-ring (bicyclic) bond motifs is 7. The third kappa shape index (κ3) is 12.6. The second-order valence-electron chi connectivity index (χ2n) is 26.7. The van der Waals surface area contributed by atoms with E-state index in [0.717, 1.165) is 53.7 Å². The van der Waals surface area contributed by atoms with Crippen molar-refractivity contribution in [2.24, 2.45) is 63.9 Å². The fourth-order valence-corrected chi connectivity index (χ4v) is 20.3. The Morgan fingerprint density at radius 1 is 0.824 bits per heavy atom. The van der Waals surface area contributed by atoms with Gasteiger partial charge in [0.15, 0.2) is 11.5 Å². The van der Waals surface area contributed by atoms with Crippen molar-refractivity contribution in [3.05, 3.63) is 153 Å². The molecule has 12 nitrogen and oxygen atoms in total. The molecule has 6 aliphatic carbocycles. The van der Waals surface area contributed by atoms with E-state index >= 15 is 0 Å². The standard InChI is InChI=1S/C71H91N3O9S2/c1-2-43-27-48-31-62(79)65(83-66-32-49(28-51-15-10-23-73-51)53-19-24-74-69(72)60(53)42-85-84-41-50(39-76)68(66)81)34-55(48)57-33-63(80)67-46(30-54(43)57)18-22-71(36-52(78)16-17-64(67)82-26-25-75)38-58(44-11-4-3-5-12-44)56-29-45-13-6-7-14-47(45)35-70(20-8-9-21-70)37-59(56)61(71)40-77/h3-7,10-15,19,23,30-31,34,43,46,49-50,52,56-59,61,63-64,66-68,73-81H,2,8-9,16-17,20-21,24-29,32-33,35-42,72H2,1H3. The van der Waals surface area contributed by atoms with Crippen LogP contribution >= 0.6 is 21.6 Å². The molecule has 16 unspecified atom stereocenters. The summed E-state index contributed by atoms with van der Waals surface area (Å²) in [4.78, 5) is 3.39. The lowest BCUT2D eigenvalue weighted by Crippen LogP contribution is -2.52. The minimum Gasteiger partial charge on any atom is -0.504 e. The van der Waals surface area contributed by atoms with Gasteiger partial charge in [-0.15, -0.1) is 0 Å². The fourth-order valence-electron chi connectivity index (χ4n) is 17.8. The van der Waals surface area contributed by atoms with Gasteiger partial charge < -0.3 is 61.3 Å². The van der Waals surface area contributed by atoms with Crippen molar-refractivity contribution in [3.8, 4) is 23.3 Å². The third-order valence-electron chi connectivity index (χ3n) is 22.0. The summed E-state index contributed by atoms with van der Waals surface area (Å²) in [5, 5.41) is 87.0. The Morgan fingerprint density at radius 3 is 2.40 bits per heavy atom. The zero-order chi connectivity index (χ0) is 58.8. The number of phenolic OH excluding ortho intramolecular Hbond substituents is 1. The van der Waals surface area contributed by atoms with Gasteiger partial charge in [0.25, 0.3) is 0 Å². The fraction of sp³-hybridized carbons (Fsp3) is 0.577. The highest BCUT2D eigenvalue weighted by molar-refractivity contribution is 8.76. The SMILES string of the molecule is CCC1Cc2cc(O)c(OC3CC(Cc4ccc[nH]4)C4=CCNC(N)=C4CSSCC(CO)C3O)cc2C2CC(O)C3C(C#CC4(CC(O)CCC3OCCO)CC(c3ccccc3)C3Cc5ccccc5CC5(CCCC5)CC3C4CO)C=C12. The topological polar surface area (TPSA) is 214 Å². The number of hydrogen-bond donors (Lipinski definition) is 10. The van der Waals surface area contributed by atoms with Gasteiger partial charge in [-0.3, -0.25) is 0 Å². The molecule has 2 saturated carbocycles. The van der Waals surface area contributed by atoms with Crippen LogP contribution in [-0.2, 0) is 30.4 Å². The maximum Gasteiger partial charge on any atom is 0.161 e. The Bertz CT molecular complexity index is 3100. The number of phenols is 1. The van der Waals surface area contributed by atoms with E-state index in [9.17, 15) is 35.7 Å². The van der Waals surface area contributed by atoms with Crippen molar-refractivity contribution in [2.45, 2.75) is 152 Å². The second kappa shape index (κ2) is 26.6. The van der Waals surface area contributed by atoms with Gasteiger partial charge in [0, 0.05) is 83.7 Å². The minimum atomic E-state index is -1.08. The lowest BCUT2D eigenvalue weighted by Gasteiger charge is -2.56. The number of nitrogens with one attached hydrogen (secondary N) is 2. The van der Waals surface area contributed by atoms with E-state index in [1.807, 2.05) is 24.4 Å². The quantitative estimate of drug-likeness (QED) is 0.0385. The first-order chi connectivity index (χ1) is 41.4. The maximum atomic E-state index is 13.2. The van der Waals surface area contributed by atoms with Gasteiger partial charge in [0.2, 0.25) is 0 Å². The predicted molar refractivity (Wildman–Crippen MR) is 337 cm³/mol. The first kappa shape index (κ1) is 60.6. The van der Waals surface area contributed by atoms with E-state index < -0.39 is 53.7 Å². The molecule has 14 heteroatoms. The number of rotatable bonds is 11. The van der Waals surface area contributed by atoms with Crippen LogP contribution in [-0.4, -0.2) is 116 Å². The van der Waals surface area contributed by atoms with Gasteiger partial charge in [-0.25, -0.2) is 0 Å². The molecule has 8 aliphatic rings. The lowest BCUT2D eigenvalue weighted by atomic mass is 9.48. The van der Waals surface area contributed by atoms with Crippen LogP contribution < -0.4 is 15.8 Å². The Balaban J connectivity index is 0.951. The first-order valence-corrected chi connectivity index (χ1v) is 34.6. The summed E-state index contributed by atoms with van der Waals surface area (Å²) >= 11 is 0. The van der Waals surface area contributed by atoms with Crippen LogP contribution in [0.1, 0.15) is 129 Å². The lowest BCUT2D eigenvalue weighted by molar-refractivity contribution is -0.0747. The molecule has 1 aromatic heterocycles. The molecule has 2 spiro atoms. The molecule has 456 valence electrons. The molecule has 3 heterocycles. The van der Waals surface area contributed by atoms with Crippen molar-refractivity contribution < 1.29 is 45.2 Å². The Hall–Kier alpha value is -4.66. The third-order valence-corrected chi connectivity index (χ3v) is 24.4. The highest BCUT2D eigenvalue weighted by atomic mass is 33.1. The van der Waals surface area contributed by atoms with Crippen LogP contribution in [0.3, 0.4) is 0 Å². The van der Waals surface area contributed by atoms with Gasteiger partial charge in [-0.05, 0) is 183 Å². The Morgan fingerprint density at radius 2 is 1.64 bits per heavy atom. The molecule has 3 fully saturated rings. The molecule has 0 radical (unpaired) electrons. The molecular weight excluding hydrogens is 1100 g/mol. The minimum absolute atomic E-state index is 0.0234. The summed E-state index contributed by atoms with van der Waals surface area (Å²) in [7, 11) is 3.26. The summed E-state index contributed by atoms with van der Waals surface area (Å²) in [5.41, 5.74) is 16.6. The number of benzene rings is 3. The molecule has 2 aliphatic heterocycles. The summed E-state index contributed by atoms with van der Waals surface area (Å²) in [6.45, 7) is 2.41. The first-order valence-electron chi connectivity index (χ1n) is 32.1. The molecule has 0 amide bonds. The highest BCUT2D eigenvalue weighted by Gasteiger charge is 2.56. The smallest absolute Gasteiger partial charge is 0.161 e. The van der Waals surface area contributed by atoms with Crippen molar-refractivity contribution in [1.29, 1.82) is 0 Å². The highest BCUT2D eigenvalue weighted by Crippen LogP contribution is 2.62. The van der Waals surface area contributed by atoms with Crippen LogP contribution in [0.5, 0.6) is 11.5 Å². The van der Waals surface area contributed by atoms with Crippen LogP contribution in [0.4, 0.5) is 0 Å². The molecule has 11 N–H and O–H groups in total. The number of H-pyrrole nitrogens is 1. The van der Waals surface area contributed by atoms with E-state index in [1.165, 1.54) is 47.9 Å². The number of aromatic nitrogens is 1. The average molecular weight is 1190 g/mol. The van der Waals surface area contributed by atoms with Gasteiger partial charge in [0.1, 0.15) is 11.9 Å². The molecule has 12 rings (SSSR count). The molecule has 85 heavy (non-hydrogen) atoms. The van der Waals surface area contributed by atoms with E-state index in [1.54, 1.807) is 21.6 Å². The van der Waals surface area contributed by atoms with E-state index in [0.29, 0.717) is 75.2 Å². The Labute approximate surface area is 511 Å². The molecular formula is C71H91N3O9S2. The van der Waals surface area contributed by atoms with Crippen molar-refractivity contribution in [1.82, 2.24) is 10.3 Å². The Kier molecular flexibility index (Phi) is 19.0. The number of nitrogens with two attached hydrogens (primary N) is 1. The van der Waals surface area contributed by atoms with Crippen molar-refractivity contribution in [3.63, 3.8) is 0 Å². The van der Waals surface area contributed by atoms with Crippen LogP contribution in [0.15, 0.2) is 120 Å². The molecule has 3 aromatic carbocycles. The summed E-state index contributed by atoms with van der Waals surface area (Å²) in [6.07, 6.45) is 15.0. The van der Waals surface area contributed by atoms with E-state index in [-0.39, 0.29) is 84.8 Å². The van der Waals surface area contributed by atoms with Gasteiger partial charge in [-0.2, -0.15) is 0 Å². The van der Waals surface area contributed by atoms with Crippen LogP contribution in [0.25, 0.3) is 0 Å². The zero-order valence-electron chi connectivity index (χ0n) is 49.5.